The van der Waals surface area contributed by atoms with Gasteiger partial charge in [0.15, 0.2) is 29.2 Å². The largest absolute Gasteiger partial charge is 0.490 e. The van der Waals surface area contributed by atoms with Crippen LogP contribution in [0.2, 0.25) is 0 Å². The number of halogens is 1. The highest BCUT2D eigenvalue weighted by atomic mass is 79.9. The van der Waals surface area contributed by atoms with Crippen LogP contribution >= 0.6 is 15.9 Å². The Bertz CT molecular complexity index is 1720. The first kappa shape index (κ1) is 35.6. The Morgan fingerprint density at radius 2 is 1.79 bits per heavy atom. The first-order chi connectivity index (χ1) is 23.2. The van der Waals surface area contributed by atoms with Gasteiger partial charge in [-0.25, -0.2) is 9.59 Å². The number of hydrogen-bond acceptors (Lipinski definition) is 11. The van der Waals surface area contributed by atoms with Crippen LogP contribution < -0.4 is 35.0 Å². The Labute approximate surface area is 286 Å². The smallest absolute Gasteiger partial charge is 0.337 e. The number of rotatable bonds is 15. The minimum absolute atomic E-state index is 0.177. The van der Waals surface area contributed by atoms with Gasteiger partial charge in [0.1, 0.15) is 13.2 Å². The zero-order valence-electron chi connectivity index (χ0n) is 26.8. The second-order valence-corrected chi connectivity index (χ2v) is 11.1. The number of carbonyl (C=O) groups excluding carboxylic acids is 2. The number of urea groups is 1. The number of hydrogen-bond donors (Lipinski definition) is 4. The maximum absolute atomic E-state index is 12.5. The van der Waals surface area contributed by atoms with E-state index >= 15 is 0 Å². The van der Waals surface area contributed by atoms with Crippen molar-refractivity contribution in [1.82, 2.24) is 16.1 Å². The summed E-state index contributed by atoms with van der Waals surface area (Å²) in [5.74, 6) is 1.14. The summed E-state index contributed by atoms with van der Waals surface area (Å²) in [6, 6.07) is 16.5. The lowest BCUT2D eigenvalue weighted by molar-refractivity contribution is -0.136. The van der Waals surface area contributed by atoms with Gasteiger partial charge in [-0.1, -0.05) is 18.2 Å². The monoisotopic (exact) mass is 721 g/mol. The summed E-state index contributed by atoms with van der Waals surface area (Å²) in [5, 5.41) is 29.0. The van der Waals surface area contributed by atoms with Crippen molar-refractivity contribution in [1.29, 1.82) is 5.26 Å². The topological polar surface area (TPSA) is 173 Å². The van der Waals surface area contributed by atoms with Gasteiger partial charge < -0.3 is 39.4 Å². The van der Waals surface area contributed by atoms with Gasteiger partial charge in [0.25, 0.3) is 0 Å². The first-order valence-electron chi connectivity index (χ1n) is 15.0. The minimum Gasteiger partial charge on any atom is -0.490 e. The predicted molar refractivity (Wildman–Crippen MR) is 180 cm³/mol. The predicted octanol–water partition coefficient (Wildman–Crippen LogP) is 4.82. The molecule has 0 spiro atoms. The van der Waals surface area contributed by atoms with Crippen molar-refractivity contribution in [2.75, 3.05) is 26.9 Å². The van der Waals surface area contributed by atoms with Gasteiger partial charge in [0.05, 0.1) is 54.3 Å². The number of allylic oxidation sites excluding steroid dienone is 1. The molecule has 3 aromatic carbocycles. The van der Waals surface area contributed by atoms with Gasteiger partial charge in [-0.2, -0.15) is 10.4 Å². The second-order valence-electron chi connectivity index (χ2n) is 10.3. The number of benzene rings is 3. The lowest BCUT2D eigenvalue weighted by Gasteiger charge is -2.28. The summed E-state index contributed by atoms with van der Waals surface area (Å²) >= 11 is 3.55. The van der Waals surface area contributed by atoms with E-state index in [1.807, 2.05) is 19.1 Å². The van der Waals surface area contributed by atoms with Crippen LogP contribution in [0.15, 0.2) is 75.4 Å². The number of aliphatic hydroxyl groups is 1. The number of nitrogens with one attached hydrogen (secondary N) is 3. The molecule has 2 amide bonds. The molecule has 0 unspecified atom stereocenters. The van der Waals surface area contributed by atoms with Crippen molar-refractivity contribution >= 4 is 34.1 Å². The number of amides is 2. The summed E-state index contributed by atoms with van der Waals surface area (Å²) in [5.41, 5.74) is 5.99. The Kier molecular flexibility index (Phi) is 12.6. The number of nitrogens with zero attached hydrogens (tertiary/aromatic N) is 2. The van der Waals surface area contributed by atoms with Crippen LogP contribution in [-0.4, -0.2) is 56.5 Å². The van der Waals surface area contributed by atoms with Gasteiger partial charge >= 0.3 is 12.0 Å². The molecule has 48 heavy (non-hydrogen) atoms. The number of nitriles is 1. The van der Waals surface area contributed by atoms with E-state index in [0.717, 1.165) is 5.56 Å². The molecule has 0 saturated carbocycles. The van der Waals surface area contributed by atoms with Gasteiger partial charge in [-0.05, 0) is 89.8 Å². The Morgan fingerprint density at radius 3 is 2.48 bits per heavy atom. The second kappa shape index (κ2) is 17.1. The van der Waals surface area contributed by atoms with Crippen LogP contribution in [0.1, 0.15) is 49.1 Å². The van der Waals surface area contributed by atoms with Crippen LogP contribution in [0.25, 0.3) is 0 Å². The van der Waals surface area contributed by atoms with Crippen molar-refractivity contribution < 1.29 is 38.4 Å². The molecule has 0 radical (unpaired) electrons. The van der Waals surface area contributed by atoms with Crippen molar-refractivity contribution in [3.05, 3.63) is 92.6 Å². The average molecular weight is 723 g/mol. The third-order valence-corrected chi connectivity index (χ3v) is 7.50. The van der Waals surface area contributed by atoms with Crippen LogP contribution in [0.4, 0.5) is 4.79 Å². The Hall–Kier alpha value is -5.26. The molecule has 1 aliphatic rings. The molecule has 1 heterocycles. The van der Waals surface area contributed by atoms with E-state index in [9.17, 15) is 14.7 Å². The van der Waals surface area contributed by atoms with E-state index in [1.54, 1.807) is 56.3 Å². The number of hydrazone groups is 1. The highest BCUT2D eigenvalue weighted by molar-refractivity contribution is 9.10. The average Bonchev–Trinajstić information content (AvgIpc) is 3.07. The quantitative estimate of drug-likeness (QED) is 0.0738. The molecule has 2 atom stereocenters. The van der Waals surface area contributed by atoms with Crippen LogP contribution in [-0.2, 0) is 16.1 Å². The fraction of sp³-hybridized carbons (Fsp3) is 0.294. The lowest BCUT2D eigenvalue weighted by Crippen LogP contribution is -2.45. The minimum atomic E-state index is -1.18. The van der Waals surface area contributed by atoms with E-state index in [1.165, 1.54) is 13.3 Å². The van der Waals surface area contributed by atoms with E-state index in [4.69, 9.17) is 28.9 Å². The molecule has 14 heteroatoms. The van der Waals surface area contributed by atoms with Crippen LogP contribution in [0.3, 0.4) is 0 Å². The zero-order valence-corrected chi connectivity index (χ0v) is 28.4. The number of methoxy groups -OCH3 is 1. The Balaban J connectivity index is 1.40. The van der Waals surface area contributed by atoms with E-state index in [-0.39, 0.29) is 18.8 Å². The molecule has 4 rings (SSSR count). The number of aliphatic hydroxyl groups excluding tert-OH is 1. The molecular formula is C34H36BrN5O8. The van der Waals surface area contributed by atoms with Crippen molar-refractivity contribution in [3.63, 3.8) is 0 Å². The Morgan fingerprint density at radius 1 is 1.06 bits per heavy atom. The summed E-state index contributed by atoms with van der Waals surface area (Å²) < 4.78 is 29.0. The molecule has 3 aromatic rings. The maximum atomic E-state index is 12.5. The number of ether oxygens (including phenoxy) is 5. The standard InChI is InChI=1S/C34H36BrN5O8/c1-5-45-27-15-24(31-30(33(42)44-4)20(3)38-34(43)39-31)11-12-26(27)47-19-29(41)40-37-17-23-13-25(35)32(28(14-23)46-6-2)48-18-22-9-7-21(16-36)8-10-22/h7-15,17,29,31,40-41H,5-6,18-19H2,1-4H3,(H2,38,39,43)/b37-17+/t29-,31-/m1/s1. The maximum Gasteiger partial charge on any atom is 0.337 e. The van der Waals surface area contributed by atoms with Crippen molar-refractivity contribution in [2.24, 2.45) is 5.10 Å². The molecule has 0 fully saturated rings. The zero-order chi connectivity index (χ0) is 34.6. The SMILES string of the molecule is CCOc1cc([C@H]2NC(=O)NC(C)=C2C(=O)OC)ccc1OC[C@@H](O)N/N=C/c1cc(Br)c(OCc2ccc(C#N)cc2)c(OCC)c1. The normalized spacial score (nSPS) is 14.8. The summed E-state index contributed by atoms with van der Waals surface area (Å²) in [7, 11) is 1.27. The van der Waals surface area contributed by atoms with Gasteiger partial charge in [0.2, 0.25) is 0 Å². The first-order valence-corrected chi connectivity index (χ1v) is 15.8. The van der Waals surface area contributed by atoms with Gasteiger partial charge in [-0.3, -0.25) is 5.43 Å². The van der Waals surface area contributed by atoms with Crippen molar-refractivity contribution in [2.45, 2.75) is 39.6 Å². The van der Waals surface area contributed by atoms with E-state index < -0.39 is 24.3 Å². The molecule has 0 saturated heterocycles. The highest BCUT2D eigenvalue weighted by Gasteiger charge is 2.32. The van der Waals surface area contributed by atoms with E-state index in [0.29, 0.717) is 63.1 Å². The lowest BCUT2D eigenvalue weighted by atomic mass is 9.95. The van der Waals surface area contributed by atoms with Crippen molar-refractivity contribution in [3.8, 4) is 29.1 Å². The molecule has 252 valence electrons. The fourth-order valence-corrected chi connectivity index (χ4v) is 5.29. The van der Waals surface area contributed by atoms with Gasteiger partial charge in [0, 0.05) is 5.70 Å². The van der Waals surface area contributed by atoms with Crippen LogP contribution in [0.5, 0.6) is 23.0 Å². The van der Waals surface area contributed by atoms with Gasteiger partial charge in [-0.15, -0.1) is 0 Å². The molecular weight excluding hydrogens is 686 g/mol. The molecule has 1 aliphatic heterocycles. The number of carbonyl (C=O) groups is 2. The molecule has 13 nitrogen and oxygen atoms in total. The molecule has 0 bridgehead atoms. The summed E-state index contributed by atoms with van der Waals surface area (Å²) in [6.07, 6.45) is 0.337. The molecule has 4 N–H and O–H groups in total. The third-order valence-electron chi connectivity index (χ3n) is 6.91. The molecule has 0 aliphatic carbocycles. The van der Waals surface area contributed by atoms with E-state index in [2.05, 4.69) is 43.2 Å². The summed E-state index contributed by atoms with van der Waals surface area (Å²) in [4.78, 5) is 24.7. The summed E-state index contributed by atoms with van der Waals surface area (Å²) in [6.45, 7) is 6.13. The molecule has 0 aromatic heterocycles. The third kappa shape index (κ3) is 9.18. The van der Waals surface area contributed by atoms with Crippen LogP contribution in [0, 0.1) is 11.3 Å². The fourth-order valence-electron chi connectivity index (χ4n) is 4.72. The highest BCUT2D eigenvalue weighted by Crippen LogP contribution is 2.37. The number of esters is 1.